The Hall–Kier alpha value is -0.570. The Morgan fingerprint density at radius 1 is 1.47 bits per heavy atom. The summed E-state index contributed by atoms with van der Waals surface area (Å²) < 4.78 is 0. The molecular weight excluding hydrogens is 188 g/mol. The monoisotopic (exact) mass is 210 g/mol. The van der Waals surface area contributed by atoms with Crippen LogP contribution in [0.1, 0.15) is 33.1 Å². The van der Waals surface area contributed by atoms with Gasteiger partial charge < -0.3 is 10.2 Å². The van der Waals surface area contributed by atoms with Gasteiger partial charge in [-0.3, -0.25) is 4.79 Å². The van der Waals surface area contributed by atoms with Gasteiger partial charge in [-0.2, -0.15) is 0 Å². The number of likely N-dealkylation sites (tertiary alicyclic amines) is 1. The number of carbonyl (C=O) groups excluding carboxylic acids is 1. The van der Waals surface area contributed by atoms with Crippen LogP contribution in [0.4, 0.5) is 0 Å². The quantitative estimate of drug-likeness (QED) is 0.760. The molecule has 1 N–H and O–H groups in total. The predicted octanol–water partition coefficient (Wildman–Crippen LogP) is 1.24. The average Bonchev–Trinajstić information content (AvgIpc) is 2.47. The molecule has 0 radical (unpaired) electrons. The van der Waals surface area contributed by atoms with Crippen LogP contribution in [0.3, 0.4) is 0 Å². The lowest BCUT2D eigenvalue weighted by molar-refractivity contribution is -0.138. The summed E-state index contributed by atoms with van der Waals surface area (Å²) in [5, 5.41) is 3.17. The number of carbonyl (C=O) groups is 1. The van der Waals surface area contributed by atoms with E-state index in [0.29, 0.717) is 17.9 Å². The zero-order chi connectivity index (χ0) is 10.8. The van der Waals surface area contributed by atoms with Gasteiger partial charge in [0.15, 0.2) is 0 Å². The van der Waals surface area contributed by atoms with Crippen molar-refractivity contribution in [2.24, 2.45) is 11.8 Å². The third-order valence-corrected chi connectivity index (χ3v) is 3.53. The third kappa shape index (κ3) is 2.33. The highest BCUT2D eigenvalue weighted by molar-refractivity contribution is 5.80. The molecule has 0 saturated carbocycles. The maximum Gasteiger partial charge on any atom is 0.228 e. The number of hydrogen-bond donors (Lipinski definition) is 1. The molecule has 2 rings (SSSR count). The fourth-order valence-electron chi connectivity index (χ4n) is 2.61. The molecule has 0 bridgehead atoms. The van der Waals surface area contributed by atoms with Gasteiger partial charge in [-0.15, -0.1) is 0 Å². The van der Waals surface area contributed by atoms with Crippen molar-refractivity contribution < 1.29 is 4.79 Å². The SMILES string of the molecule is CC(C)CC1CCCN1C(=O)C1CNC1. The topological polar surface area (TPSA) is 32.3 Å². The molecule has 3 heteroatoms. The Bertz CT molecular complexity index is 236. The van der Waals surface area contributed by atoms with E-state index in [1.807, 2.05) is 0 Å². The molecule has 0 spiro atoms. The summed E-state index contributed by atoms with van der Waals surface area (Å²) in [4.78, 5) is 14.2. The fourth-order valence-corrected chi connectivity index (χ4v) is 2.61. The summed E-state index contributed by atoms with van der Waals surface area (Å²) in [6.07, 6.45) is 3.58. The Morgan fingerprint density at radius 3 is 2.73 bits per heavy atom. The lowest BCUT2D eigenvalue weighted by Gasteiger charge is -2.34. The third-order valence-electron chi connectivity index (χ3n) is 3.53. The van der Waals surface area contributed by atoms with Crippen LogP contribution in [0.25, 0.3) is 0 Å². The molecule has 2 fully saturated rings. The number of amides is 1. The lowest BCUT2D eigenvalue weighted by atomic mass is 9.98. The summed E-state index contributed by atoms with van der Waals surface area (Å²) >= 11 is 0. The molecule has 0 aliphatic carbocycles. The molecule has 1 unspecified atom stereocenters. The van der Waals surface area contributed by atoms with Crippen LogP contribution in [0.2, 0.25) is 0 Å². The zero-order valence-electron chi connectivity index (χ0n) is 9.83. The number of nitrogens with zero attached hydrogens (tertiary/aromatic N) is 1. The van der Waals surface area contributed by atoms with Crippen molar-refractivity contribution in [3.8, 4) is 0 Å². The van der Waals surface area contributed by atoms with Gasteiger partial charge in [-0.1, -0.05) is 13.8 Å². The highest BCUT2D eigenvalue weighted by Gasteiger charge is 2.35. The highest BCUT2D eigenvalue weighted by Crippen LogP contribution is 2.25. The molecule has 2 heterocycles. The van der Waals surface area contributed by atoms with Gasteiger partial charge in [0.05, 0.1) is 5.92 Å². The number of nitrogens with one attached hydrogen (secondary N) is 1. The first-order valence-electron chi connectivity index (χ1n) is 6.19. The Balaban J connectivity index is 1.91. The van der Waals surface area contributed by atoms with Crippen LogP contribution < -0.4 is 5.32 Å². The van der Waals surface area contributed by atoms with Crippen LogP contribution in [0, 0.1) is 11.8 Å². The van der Waals surface area contributed by atoms with Crippen molar-refractivity contribution in [2.45, 2.75) is 39.2 Å². The van der Waals surface area contributed by atoms with E-state index < -0.39 is 0 Å². The second-order valence-corrected chi connectivity index (χ2v) is 5.31. The second kappa shape index (κ2) is 4.52. The largest absolute Gasteiger partial charge is 0.339 e. The van der Waals surface area contributed by atoms with Gasteiger partial charge in [-0.05, 0) is 25.2 Å². The maximum absolute atomic E-state index is 12.1. The van der Waals surface area contributed by atoms with Gasteiger partial charge in [0.1, 0.15) is 0 Å². The fraction of sp³-hybridized carbons (Fsp3) is 0.917. The van der Waals surface area contributed by atoms with Crippen molar-refractivity contribution in [1.29, 1.82) is 0 Å². The second-order valence-electron chi connectivity index (χ2n) is 5.31. The van der Waals surface area contributed by atoms with Crippen LogP contribution in [-0.4, -0.2) is 36.5 Å². The van der Waals surface area contributed by atoms with Crippen molar-refractivity contribution in [2.75, 3.05) is 19.6 Å². The molecule has 1 amide bonds. The summed E-state index contributed by atoms with van der Waals surface area (Å²) in [6, 6.07) is 0.526. The van der Waals surface area contributed by atoms with E-state index in [-0.39, 0.29) is 5.92 Å². The molecule has 0 aromatic carbocycles. The van der Waals surface area contributed by atoms with Gasteiger partial charge in [0, 0.05) is 25.7 Å². The van der Waals surface area contributed by atoms with Crippen molar-refractivity contribution >= 4 is 5.91 Å². The number of rotatable bonds is 3. The normalized spacial score (nSPS) is 27.1. The average molecular weight is 210 g/mol. The van der Waals surface area contributed by atoms with E-state index >= 15 is 0 Å². The molecular formula is C12H22N2O. The Morgan fingerprint density at radius 2 is 2.20 bits per heavy atom. The van der Waals surface area contributed by atoms with E-state index in [1.165, 1.54) is 19.3 Å². The van der Waals surface area contributed by atoms with E-state index in [2.05, 4.69) is 24.1 Å². The smallest absolute Gasteiger partial charge is 0.228 e. The van der Waals surface area contributed by atoms with E-state index in [9.17, 15) is 4.79 Å². The first kappa shape index (κ1) is 10.9. The van der Waals surface area contributed by atoms with Gasteiger partial charge in [-0.25, -0.2) is 0 Å². The molecule has 0 aromatic rings. The maximum atomic E-state index is 12.1. The van der Waals surface area contributed by atoms with Gasteiger partial charge in [0.2, 0.25) is 5.91 Å². The molecule has 86 valence electrons. The predicted molar refractivity (Wildman–Crippen MR) is 60.5 cm³/mol. The van der Waals surface area contributed by atoms with E-state index in [1.54, 1.807) is 0 Å². The molecule has 2 aliphatic rings. The lowest BCUT2D eigenvalue weighted by Crippen LogP contribution is -2.53. The van der Waals surface area contributed by atoms with Crippen LogP contribution in [-0.2, 0) is 4.79 Å². The molecule has 0 aromatic heterocycles. The molecule has 1 atom stereocenters. The summed E-state index contributed by atoms with van der Waals surface area (Å²) in [5.41, 5.74) is 0. The molecule has 15 heavy (non-hydrogen) atoms. The highest BCUT2D eigenvalue weighted by atomic mass is 16.2. The first-order chi connectivity index (χ1) is 7.18. The summed E-state index contributed by atoms with van der Waals surface area (Å²) in [5.74, 6) is 1.37. The number of hydrogen-bond acceptors (Lipinski definition) is 2. The molecule has 3 nitrogen and oxygen atoms in total. The van der Waals surface area contributed by atoms with Gasteiger partial charge in [0.25, 0.3) is 0 Å². The molecule has 2 saturated heterocycles. The van der Waals surface area contributed by atoms with Crippen molar-refractivity contribution in [3.05, 3.63) is 0 Å². The standard InChI is InChI=1S/C12H22N2O/c1-9(2)6-11-4-3-5-14(11)12(15)10-7-13-8-10/h9-11,13H,3-8H2,1-2H3. The zero-order valence-corrected chi connectivity index (χ0v) is 9.83. The minimum Gasteiger partial charge on any atom is -0.339 e. The summed E-state index contributed by atoms with van der Waals surface area (Å²) in [6.45, 7) is 7.26. The Kier molecular flexibility index (Phi) is 3.29. The molecule has 2 aliphatic heterocycles. The van der Waals surface area contributed by atoms with Crippen molar-refractivity contribution in [3.63, 3.8) is 0 Å². The van der Waals surface area contributed by atoms with E-state index in [4.69, 9.17) is 0 Å². The van der Waals surface area contributed by atoms with Crippen LogP contribution in [0.15, 0.2) is 0 Å². The van der Waals surface area contributed by atoms with Gasteiger partial charge >= 0.3 is 0 Å². The van der Waals surface area contributed by atoms with Crippen molar-refractivity contribution in [1.82, 2.24) is 10.2 Å². The van der Waals surface area contributed by atoms with E-state index in [0.717, 1.165) is 19.6 Å². The summed E-state index contributed by atoms with van der Waals surface area (Å²) in [7, 11) is 0. The van der Waals surface area contributed by atoms with Crippen LogP contribution >= 0.6 is 0 Å². The minimum atomic E-state index is 0.276. The van der Waals surface area contributed by atoms with Crippen LogP contribution in [0.5, 0.6) is 0 Å². The Labute approximate surface area is 92.2 Å². The first-order valence-corrected chi connectivity index (χ1v) is 6.19. The minimum absolute atomic E-state index is 0.276.